The van der Waals surface area contributed by atoms with Crippen molar-refractivity contribution in [3.8, 4) is 0 Å². The number of hydrogen-bond acceptors (Lipinski definition) is 1. The SMILES string of the molecule is CNCC(C)c1ccccc1C1CCCC1. The summed E-state index contributed by atoms with van der Waals surface area (Å²) in [7, 11) is 2.04. The van der Waals surface area contributed by atoms with Gasteiger partial charge in [0.05, 0.1) is 0 Å². The zero-order valence-corrected chi connectivity index (χ0v) is 10.5. The van der Waals surface area contributed by atoms with Gasteiger partial charge in [0.2, 0.25) is 0 Å². The molecule has 1 fully saturated rings. The lowest BCUT2D eigenvalue weighted by atomic mass is 9.87. The fraction of sp³-hybridized carbons (Fsp3) is 0.600. The topological polar surface area (TPSA) is 12.0 Å². The Kier molecular flexibility index (Phi) is 4.00. The molecule has 0 spiro atoms. The normalized spacial score (nSPS) is 18.9. The Morgan fingerprint density at radius 2 is 1.94 bits per heavy atom. The van der Waals surface area contributed by atoms with Crippen molar-refractivity contribution < 1.29 is 0 Å². The molecule has 1 aromatic rings. The molecule has 1 aliphatic rings. The highest BCUT2D eigenvalue weighted by Gasteiger charge is 2.21. The van der Waals surface area contributed by atoms with Crippen LogP contribution in [0.2, 0.25) is 0 Å². The average Bonchev–Trinajstić information content (AvgIpc) is 2.83. The number of likely N-dealkylation sites (N-methyl/N-ethyl adjacent to an activating group) is 1. The van der Waals surface area contributed by atoms with Crippen molar-refractivity contribution in [2.45, 2.75) is 44.4 Å². The Morgan fingerprint density at radius 1 is 1.25 bits per heavy atom. The van der Waals surface area contributed by atoms with Crippen molar-refractivity contribution >= 4 is 0 Å². The molecule has 1 N–H and O–H groups in total. The van der Waals surface area contributed by atoms with Crippen molar-refractivity contribution in [3.63, 3.8) is 0 Å². The van der Waals surface area contributed by atoms with E-state index in [1.54, 1.807) is 11.1 Å². The van der Waals surface area contributed by atoms with E-state index in [0.29, 0.717) is 5.92 Å². The Labute approximate surface area is 99.3 Å². The molecule has 0 aliphatic heterocycles. The van der Waals surface area contributed by atoms with Crippen LogP contribution in [0.1, 0.15) is 55.6 Å². The van der Waals surface area contributed by atoms with E-state index < -0.39 is 0 Å². The molecular formula is C15H23N. The number of benzene rings is 1. The van der Waals surface area contributed by atoms with E-state index in [-0.39, 0.29) is 0 Å². The fourth-order valence-corrected chi connectivity index (χ4v) is 2.98. The van der Waals surface area contributed by atoms with Gasteiger partial charge in [-0.05, 0) is 42.9 Å². The summed E-state index contributed by atoms with van der Waals surface area (Å²) in [4.78, 5) is 0. The molecule has 1 aromatic carbocycles. The van der Waals surface area contributed by atoms with E-state index in [0.717, 1.165) is 12.5 Å². The first-order valence-electron chi connectivity index (χ1n) is 6.56. The number of rotatable bonds is 4. The van der Waals surface area contributed by atoms with Crippen LogP contribution in [-0.2, 0) is 0 Å². The number of hydrogen-bond donors (Lipinski definition) is 1. The maximum Gasteiger partial charge on any atom is 0.00145 e. The summed E-state index contributed by atoms with van der Waals surface area (Å²) >= 11 is 0. The van der Waals surface area contributed by atoms with Crippen molar-refractivity contribution in [1.29, 1.82) is 0 Å². The third-order valence-corrected chi connectivity index (χ3v) is 3.83. The summed E-state index contributed by atoms with van der Waals surface area (Å²) in [6.07, 6.45) is 5.62. The van der Waals surface area contributed by atoms with Crippen LogP contribution >= 0.6 is 0 Å². The molecular weight excluding hydrogens is 194 g/mol. The minimum atomic E-state index is 0.627. The van der Waals surface area contributed by atoms with Crippen molar-refractivity contribution in [1.82, 2.24) is 5.32 Å². The third-order valence-electron chi connectivity index (χ3n) is 3.83. The molecule has 0 radical (unpaired) electrons. The van der Waals surface area contributed by atoms with Gasteiger partial charge in [0.15, 0.2) is 0 Å². The predicted molar refractivity (Wildman–Crippen MR) is 70.0 cm³/mol. The van der Waals surface area contributed by atoms with Gasteiger partial charge in [-0.25, -0.2) is 0 Å². The molecule has 1 aliphatic carbocycles. The monoisotopic (exact) mass is 217 g/mol. The van der Waals surface area contributed by atoms with Gasteiger partial charge in [-0.1, -0.05) is 44.0 Å². The molecule has 0 bridgehead atoms. The summed E-state index contributed by atoms with van der Waals surface area (Å²) in [6.45, 7) is 3.40. The lowest BCUT2D eigenvalue weighted by Gasteiger charge is -2.20. The van der Waals surface area contributed by atoms with Crippen LogP contribution in [-0.4, -0.2) is 13.6 Å². The second kappa shape index (κ2) is 5.49. The van der Waals surface area contributed by atoms with E-state index in [9.17, 15) is 0 Å². The molecule has 1 unspecified atom stereocenters. The molecule has 0 heterocycles. The van der Waals surface area contributed by atoms with Crippen LogP contribution < -0.4 is 5.32 Å². The van der Waals surface area contributed by atoms with Gasteiger partial charge < -0.3 is 5.32 Å². The molecule has 1 atom stereocenters. The van der Waals surface area contributed by atoms with Gasteiger partial charge in [0, 0.05) is 6.54 Å². The summed E-state index contributed by atoms with van der Waals surface area (Å²) in [6, 6.07) is 9.04. The maximum atomic E-state index is 3.28. The first kappa shape index (κ1) is 11.7. The minimum Gasteiger partial charge on any atom is -0.319 e. The standard InChI is InChI=1S/C15H23N/c1-12(11-16-2)14-9-5-6-10-15(14)13-7-3-4-8-13/h5-6,9-10,12-13,16H,3-4,7-8,11H2,1-2H3. The molecule has 16 heavy (non-hydrogen) atoms. The highest BCUT2D eigenvalue weighted by atomic mass is 14.8. The second-order valence-electron chi connectivity index (χ2n) is 5.07. The van der Waals surface area contributed by atoms with Gasteiger partial charge in [-0.3, -0.25) is 0 Å². The highest BCUT2D eigenvalue weighted by molar-refractivity contribution is 5.33. The largest absolute Gasteiger partial charge is 0.319 e. The zero-order valence-electron chi connectivity index (χ0n) is 10.5. The molecule has 0 saturated heterocycles. The lowest BCUT2D eigenvalue weighted by molar-refractivity contribution is 0.647. The van der Waals surface area contributed by atoms with Crippen molar-refractivity contribution in [3.05, 3.63) is 35.4 Å². The summed E-state index contributed by atoms with van der Waals surface area (Å²) in [5.74, 6) is 1.46. The van der Waals surface area contributed by atoms with Crippen LogP contribution in [0, 0.1) is 0 Å². The van der Waals surface area contributed by atoms with Crippen molar-refractivity contribution in [2.24, 2.45) is 0 Å². The van der Waals surface area contributed by atoms with E-state index in [2.05, 4.69) is 36.5 Å². The molecule has 0 aromatic heterocycles. The number of nitrogens with one attached hydrogen (secondary N) is 1. The highest BCUT2D eigenvalue weighted by Crippen LogP contribution is 2.37. The Balaban J connectivity index is 2.22. The Hall–Kier alpha value is -0.820. The summed E-state index contributed by atoms with van der Waals surface area (Å²) in [5.41, 5.74) is 3.17. The fourth-order valence-electron chi connectivity index (χ4n) is 2.98. The van der Waals surface area contributed by atoms with Gasteiger partial charge in [-0.15, -0.1) is 0 Å². The van der Waals surface area contributed by atoms with E-state index in [1.165, 1.54) is 25.7 Å². The minimum absolute atomic E-state index is 0.627. The first-order chi connectivity index (χ1) is 7.83. The Bertz CT molecular complexity index is 326. The summed E-state index contributed by atoms with van der Waals surface area (Å²) in [5, 5.41) is 3.28. The van der Waals surface area contributed by atoms with Gasteiger partial charge in [0.25, 0.3) is 0 Å². The summed E-state index contributed by atoms with van der Waals surface area (Å²) < 4.78 is 0. The molecule has 1 heteroatoms. The molecule has 0 amide bonds. The van der Waals surface area contributed by atoms with Crippen LogP contribution in [0.4, 0.5) is 0 Å². The quantitative estimate of drug-likeness (QED) is 0.811. The van der Waals surface area contributed by atoms with Crippen molar-refractivity contribution in [2.75, 3.05) is 13.6 Å². The van der Waals surface area contributed by atoms with Crippen LogP contribution in [0.15, 0.2) is 24.3 Å². The van der Waals surface area contributed by atoms with Crippen LogP contribution in [0.5, 0.6) is 0 Å². The van der Waals surface area contributed by atoms with E-state index >= 15 is 0 Å². The van der Waals surface area contributed by atoms with Gasteiger partial charge in [0.1, 0.15) is 0 Å². The zero-order chi connectivity index (χ0) is 11.4. The first-order valence-corrected chi connectivity index (χ1v) is 6.56. The van der Waals surface area contributed by atoms with E-state index in [1.807, 2.05) is 7.05 Å². The van der Waals surface area contributed by atoms with Gasteiger partial charge >= 0.3 is 0 Å². The predicted octanol–water partition coefficient (Wildman–Crippen LogP) is 3.67. The van der Waals surface area contributed by atoms with Gasteiger partial charge in [-0.2, -0.15) is 0 Å². The van der Waals surface area contributed by atoms with E-state index in [4.69, 9.17) is 0 Å². The second-order valence-corrected chi connectivity index (χ2v) is 5.07. The average molecular weight is 217 g/mol. The Morgan fingerprint density at radius 3 is 2.62 bits per heavy atom. The van der Waals surface area contributed by atoms with Crippen LogP contribution in [0.25, 0.3) is 0 Å². The lowest BCUT2D eigenvalue weighted by Crippen LogP contribution is -2.16. The maximum absolute atomic E-state index is 3.28. The molecule has 1 saturated carbocycles. The molecule has 88 valence electrons. The van der Waals surface area contributed by atoms with Crippen LogP contribution in [0.3, 0.4) is 0 Å². The molecule has 2 rings (SSSR count). The molecule has 1 nitrogen and oxygen atoms in total. The third kappa shape index (κ3) is 2.46. The smallest absolute Gasteiger partial charge is 0.00145 e.